The molecular weight excluding hydrogens is 222 g/mol. The summed E-state index contributed by atoms with van der Waals surface area (Å²) in [5.74, 6) is -0.390. The number of aromatic nitrogens is 1. The summed E-state index contributed by atoms with van der Waals surface area (Å²) in [7, 11) is 0. The lowest BCUT2D eigenvalue weighted by atomic mass is 10.2. The molecule has 6 nitrogen and oxygen atoms in total. The summed E-state index contributed by atoms with van der Waals surface area (Å²) in [5.41, 5.74) is 6.24. The topological polar surface area (TPSA) is 86.8 Å². The molecule has 1 atom stereocenters. The lowest BCUT2D eigenvalue weighted by Gasteiger charge is -2.05. The minimum absolute atomic E-state index is 0.115. The van der Waals surface area contributed by atoms with Crippen molar-refractivity contribution in [2.45, 2.75) is 18.9 Å². The van der Waals surface area contributed by atoms with Crippen molar-refractivity contribution in [2.24, 2.45) is 10.9 Å². The first-order valence-electron chi connectivity index (χ1n) is 5.33. The second-order valence-electron chi connectivity index (χ2n) is 3.63. The standard InChI is InChI=1S/C11H13N3O3/c12-10(8-3-1-5-13-7-8)14-17-11(15)9-4-2-6-16-9/h1,3,5,7,9H,2,4,6H2,(H2,12,14)/t9-/m0/s1. The van der Waals surface area contributed by atoms with E-state index < -0.39 is 12.1 Å². The van der Waals surface area contributed by atoms with E-state index in [0.717, 1.165) is 6.42 Å². The molecule has 1 fully saturated rings. The van der Waals surface area contributed by atoms with E-state index in [0.29, 0.717) is 18.6 Å². The molecule has 0 aromatic carbocycles. The normalized spacial score (nSPS) is 20.2. The summed E-state index contributed by atoms with van der Waals surface area (Å²) in [6, 6.07) is 3.45. The monoisotopic (exact) mass is 235 g/mol. The van der Waals surface area contributed by atoms with E-state index in [1.54, 1.807) is 24.5 Å². The lowest BCUT2D eigenvalue weighted by Crippen LogP contribution is -2.22. The Labute approximate surface area is 98.4 Å². The van der Waals surface area contributed by atoms with Gasteiger partial charge in [-0.25, -0.2) is 4.79 Å². The summed E-state index contributed by atoms with van der Waals surface area (Å²) >= 11 is 0. The second kappa shape index (κ2) is 5.40. The first kappa shape index (κ1) is 11.5. The summed E-state index contributed by atoms with van der Waals surface area (Å²) in [4.78, 5) is 20.1. The fourth-order valence-corrected chi connectivity index (χ4v) is 1.48. The minimum Gasteiger partial charge on any atom is -0.380 e. The van der Waals surface area contributed by atoms with E-state index in [2.05, 4.69) is 10.1 Å². The summed E-state index contributed by atoms with van der Waals surface area (Å²) in [6.07, 6.45) is 4.18. The van der Waals surface area contributed by atoms with Gasteiger partial charge in [0, 0.05) is 24.6 Å². The van der Waals surface area contributed by atoms with Crippen LogP contribution in [0.4, 0.5) is 0 Å². The van der Waals surface area contributed by atoms with Gasteiger partial charge >= 0.3 is 5.97 Å². The van der Waals surface area contributed by atoms with E-state index >= 15 is 0 Å². The maximum absolute atomic E-state index is 11.5. The third kappa shape index (κ3) is 3.01. The predicted molar refractivity (Wildman–Crippen MR) is 60.0 cm³/mol. The van der Waals surface area contributed by atoms with E-state index in [1.807, 2.05) is 0 Å². The van der Waals surface area contributed by atoms with Gasteiger partial charge in [-0.2, -0.15) is 0 Å². The van der Waals surface area contributed by atoms with Gasteiger partial charge in [-0.05, 0) is 25.0 Å². The van der Waals surface area contributed by atoms with E-state index in [-0.39, 0.29) is 5.84 Å². The van der Waals surface area contributed by atoms with Crippen molar-refractivity contribution in [3.05, 3.63) is 30.1 Å². The zero-order valence-corrected chi connectivity index (χ0v) is 9.20. The predicted octanol–water partition coefficient (Wildman–Crippen LogP) is 0.424. The molecule has 1 aliphatic heterocycles. The van der Waals surface area contributed by atoms with Crippen LogP contribution in [0.3, 0.4) is 0 Å². The Hall–Kier alpha value is -1.95. The van der Waals surface area contributed by atoms with Crippen LogP contribution in [0, 0.1) is 0 Å². The molecule has 2 heterocycles. The number of oxime groups is 1. The van der Waals surface area contributed by atoms with Crippen molar-refractivity contribution in [3.8, 4) is 0 Å². The zero-order valence-electron chi connectivity index (χ0n) is 9.20. The maximum Gasteiger partial charge on any atom is 0.363 e. The van der Waals surface area contributed by atoms with Crippen LogP contribution >= 0.6 is 0 Å². The van der Waals surface area contributed by atoms with Crippen molar-refractivity contribution in [1.82, 2.24) is 4.98 Å². The number of carbonyl (C=O) groups excluding carboxylic acids is 1. The fourth-order valence-electron chi connectivity index (χ4n) is 1.48. The van der Waals surface area contributed by atoms with Crippen LogP contribution in [0.25, 0.3) is 0 Å². The third-order valence-corrected chi connectivity index (χ3v) is 2.38. The van der Waals surface area contributed by atoms with Crippen LogP contribution in [0.15, 0.2) is 29.7 Å². The van der Waals surface area contributed by atoms with Gasteiger partial charge in [0.05, 0.1) is 0 Å². The molecule has 0 aliphatic carbocycles. The molecule has 0 bridgehead atoms. The molecule has 0 unspecified atom stereocenters. The molecule has 1 aromatic heterocycles. The Balaban J connectivity index is 1.94. The molecule has 6 heteroatoms. The fraction of sp³-hybridized carbons (Fsp3) is 0.364. The smallest absolute Gasteiger partial charge is 0.363 e. The third-order valence-electron chi connectivity index (χ3n) is 2.38. The first-order chi connectivity index (χ1) is 8.27. The van der Waals surface area contributed by atoms with Crippen LogP contribution in [0.5, 0.6) is 0 Å². The van der Waals surface area contributed by atoms with Crippen LogP contribution in [0.1, 0.15) is 18.4 Å². The van der Waals surface area contributed by atoms with Gasteiger partial charge in [-0.3, -0.25) is 4.98 Å². The maximum atomic E-state index is 11.5. The van der Waals surface area contributed by atoms with Gasteiger partial charge in [0.2, 0.25) is 0 Å². The van der Waals surface area contributed by atoms with Gasteiger partial charge in [-0.15, -0.1) is 0 Å². The quantitative estimate of drug-likeness (QED) is 0.355. The Morgan fingerprint density at radius 2 is 2.53 bits per heavy atom. The van der Waals surface area contributed by atoms with Crippen LogP contribution in [-0.4, -0.2) is 29.5 Å². The number of nitrogens with zero attached hydrogens (tertiary/aromatic N) is 2. The highest BCUT2D eigenvalue weighted by Gasteiger charge is 2.25. The van der Waals surface area contributed by atoms with E-state index in [1.165, 1.54) is 0 Å². The highest BCUT2D eigenvalue weighted by molar-refractivity contribution is 5.97. The molecule has 90 valence electrons. The number of nitrogens with two attached hydrogens (primary N) is 1. The molecule has 2 N–H and O–H groups in total. The van der Waals surface area contributed by atoms with Crippen LogP contribution in [0.2, 0.25) is 0 Å². The van der Waals surface area contributed by atoms with Crippen molar-refractivity contribution < 1.29 is 14.4 Å². The first-order valence-corrected chi connectivity index (χ1v) is 5.33. The van der Waals surface area contributed by atoms with Gasteiger partial charge in [0.25, 0.3) is 0 Å². The van der Waals surface area contributed by atoms with Gasteiger partial charge in [-0.1, -0.05) is 5.16 Å². The molecule has 2 rings (SSSR count). The van der Waals surface area contributed by atoms with Crippen molar-refractivity contribution >= 4 is 11.8 Å². The number of ether oxygens (including phenoxy) is 1. The van der Waals surface area contributed by atoms with Crippen molar-refractivity contribution in [2.75, 3.05) is 6.61 Å². The number of rotatable bonds is 3. The minimum atomic E-state index is -0.513. The Bertz CT molecular complexity index is 413. The molecule has 1 aromatic rings. The largest absolute Gasteiger partial charge is 0.380 e. The number of hydrogen-bond donors (Lipinski definition) is 1. The van der Waals surface area contributed by atoms with Gasteiger partial charge < -0.3 is 15.3 Å². The highest BCUT2D eigenvalue weighted by atomic mass is 16.7. The Kier molecular flexibility index (Phi) is 3.66. The number of pyridine rings is 1. The second-order valence-corrected chi connectivity index (χ2v) is 3.63. The Morgan fingerprint density at radius 3 is 3.18 bits per heavy atom. The summed E-state index contributed by atoms with van der Waals surface area (Å²) < 4.78 is 5.16. The van der Waals surface area contributed by atoms with Gasteiger partial charge in [0.15, 0.2) is 11.9 Å². The van der Waals surface area contributed by atoms with Gasteiger partial charge in [0.1, 0.15) is 0 Å². The van der Waals surface area contributed by atoms with E-state index in [9.17, 15) is 4.79 Å². The molecule has 17 heavy (non-hydrogen) atoms. The summed E-state index contributed by atoms with van der Waals surface area (Å²) in [5, 5.41) is 3.56. The molecule has 0 radical (unpaired) electrons. The molecule has 0 amide bonds. The molecular formula is C11H13N3O3. The number of carbonyl (C=O) groups is 1. The van der Waals surface area contributed by atoms with Crippen molar-refractivity contribution in [1.29, 1.82) is 0 Å². The summed E-state index contributed by atoms with van der Waals surface area (Å²) in [6.45, 7) is 0.585. The average Bonchev–Trinajstić information content (AvgIpc) is 2.90. The van der Waals surface area contributed by atoms with Crippen LogP contribution in [-0.2, 0) is 14.4 Å². The SMILES string of the molecule is N/C(=N\OC(=O)[C@@H]1CCCO1)c1cccnc1. The molecule has 1 saturated heterocycles. The number of hydrogen-bond acceptors (Lipinski definition) is 5. The zero-order chi connectivity index (χ0) is 12.1. The van der Waals surface area contributed by atoms with Crippen molar-refractivity contribution in [3.63, 3.8) is 0 Å². The van der Waals surface area contributed by atoms with E-state index in [4.69, 9.17) is 15.3 Å². The number of amidine groups is 1. The molecule has 0 spiro atoms. The Morgan fingerprint density at radius 1 is 1.65 bits per heavy atom. The molecule has 0 saturated carbocycles. The van der Waals surface area contributed by atoms with Crippen LogP contribution < -0.4 is 5.73 Å². The molecule has 1 aliphatic rings. The highest BCUT2D eigenvalue weighted by Crippen LogP contribution is 2.13. The lowest BCUT2D eigenvalue weighted by molar-refractivity contribution is -0.154. The average molecular weight is 235 g/mol.